The Morgan fingerprint density at radius 3 is 2.93 bits per heavy atom. The van der Waals surface area contributed by atoms with E-state index in [0.717, 1.165) is 24.7 Å². The number of thioether (sulfide) groups is 1. The van der Waals surface area contributed by atoms with Crippen molar-refractivity contribution in [1.29, 1.82) is 0 Å². The summed E-state index contributed by atoms with van der Waals surface area (Å²) in [6.07, 6.45) is 5.22. The first-order valence-electron chi connectivity index (χ1n) is 5.27. The van der Waals surface area contributed by atoms with Crippen LogP contribution < -0.4 is 0 Å². The third-order valence-electron chi connectivity index (χ3n) is 2.57. The molecule has 78 valence electrons. The van der Waals surface area contributed by atoms with Gasteiger partial charge in [0.15, 0.2) is 0 Å². The Bertz CT molecular complexity index is 395. The molecule has 0 spiro atoms. The molecule has 0 aromatic heterocycles. The van der Waals surface area contributed by atoms with Crippen molar-refractivity contribution in [3.63, 3.8) is 0 Å². The zero-order valence-electron chi connectivity index (χ0n) is 8.77. The molecule has 1 aliphatic rings. The zero-order valence-corrected chi connectivity index (χ0v) is 9.59. The van der Waals surface area contributed by atoms with Crippen molar-refractivity contribution in [3.8, 4) is 0 Å². The number of carbonyl (C=O) groups is 1. The average Bonchev–Trinajstić information content (AvgIpc) is 2.28. The van der Waals surface area contributed by atoms with E-state index in [2.05, 4.69) is 25.1 Å². The second-order valence-corrected chi connectivity index (χ2v) is 4.94. The smallest absolute Gasteiger partial charge is 0.147 e. The van der Waals surface area contributed by atoms with Crippen molar-refractivity contribution in [2.45, 2.75) is 29.9 Å². The van der Waals surface area contributed by atoms with Crippen LogP contribution in [0.25, 0.3) is 6.08 Å². The molecular formula is C13H14OS. The van der Waals surface area contributed by atoms with E-state index in [1.807, 2.05) is 23.9 Å². The van der Waals surface area contributed by atoms with Crippen molar-refractivity contribution in [2.75, 3.05) is 0 Å². The van der Waals surface area contributed by atoms with Crippen LogP contribution in [0.4, 0.5) is 0 Å². The Morgan fingerprint density at radius 1 is 1.40 bits per heavy atom. The Hall–Kier alpha value is -1.02. The minimum atomic E-state index is 0.349. The van der Waals surface area contributed by atoms with Crippen molar-refractivity contribution >= 4 is 24.1 Å². The molecule has 0 amide bonds. The largest absolute Gasteiger partial charge is 0.298 e. The molecule has 1 aromatic rings. The van der Waals surface area contributed by atoms with Crippen molar-refractivity contribution in [1.82, 2.24) is 0 Å². The third kappa shape index (κ3) is 2.15. The summed E-state index contributed by atoms with van der Waals surface area (Å²) in [6, 6.07) is 8.25. The van der Waals surface area contributed by atoms with E-state index in [-0.39, 0.29) is 0 Å². The summed E-state index contributed by atoms with van der Waals surface area (Å²) in [4.78, 5) is 12.3. The quantitative estimate of drug-likeness (QED) is 0.722. The fourth-order valence-electron chi connectivity index (χ4n) is 1.80. The molecule has 0 aliphatic carbocycles. The van der Waals surface area contributed by atoms with E-state index in [4.69, 9.17) is 0 Å². The lowest BCUT2D eigenvalue weighted by Gasteiger charge is -2.21. The lowest BCUT2D eigenvalue weighted by molar-refractivity contribution is -0.104. The van der Waals surface area contributed by atoms with Gasteiger partial charge in [-0.2, -0.15) is 0 Å². The van der Waals surface area contributed by atoms with E-state index < -0.39 is 0 Å². The first kappa shape index (κ1) is 10.5. The summed E-state index contributed by atoms with van der Waals surface area (Å²) in [5, 5.41) is 0.349. The summed E-state index contributed by atoms with van der Waals surface area (Å²) in [5.41, 5.74) is 2.11. The SMILES string of the molecule is CCCC1Sc2ccccc2C=C1C=O. The summed E-state index contributed by atoms with van der Waals surface area (Å²) in [6.45, 7) is 2.16. The highest BCUT2D eigenvalue weighted by atomic mass is 32.2. The molecule has 1 heterocycles. The van der Waals surface area contributed by atoms with Gasteiger partial charge in [-0.05, 0) is 24.1 Å². The van der Waals surface area contributed by atoms with Crippen LogP contribution in [-0.4, -0.2) is 11.5 Å². The van der Waals surface area contributed by atoms with E-state index in [1.54, 1.807) is 0 Å². The van der Waals surface area contributed by atoms with Crippen LogP contribution in [0.15, 0.2) is 34.7 Å². The maximum absolute atomic E-state index is 11.0. The number of carbonyl (C=O) groups excluding carboxylic acids is 1. The number of rotatable bonds is 3. The van der Waals surface area contributed by atoms with Crippen LogP contribution in [0.2, 0.25) is 0 Å². The normalized spacial score (nSPS) is 19.3. The Labute approximate surface area is 94.6 Å². The average molecular weight is 218 g/mol. The highest BCUT2D eigenvalue weighted by Gasteiger charge is 2.20. The number of hydrogen-bond donors (Lipinski definition) is 0. The molecule has 0 N–H and O–H groups in total. The fourth-order valence-corrected chi connectivity index (χ4v) is 3.14. The minimum absolute atomic E-state index is 0.349. The van der Waals surface area contributed by atoms with Crippen molar-refractivity contribution in [2.24, 2.45) is 0 Å². The van der Waals surface area contributed by atoms with E-state index in [9.17, 15) is 4.79 Å². The van der Waals surface area contributed by atoms with Crippen molar-refractivity contribution < 1.29 is 4.79 Å². The van der Waals surface area contributed by atoms with Gasteiger partial charge >= 0.3 is 0 Å². The van der Waals surface area contributed by atoms with Gasteiger partial charge < -0.3 is 0 Å². The molecule has 0 saturated heterocycles. The minimum Gasteiger partial charge on any atom is -0.298 e. The molecule has 0 saturated carbocycles. The van der Waals surface area contributed by atoms with Gasteiger partial charge in [0.1, 0.15) is 6.29 Å². The van der Waals surface area contributed by atoms with Crippen LogP contribution in [0.1, 0.15) is 25.3 Å². The van der Waals surface area contributed by atoms with Gasteiger partial charge in [-0.25, -0.2) is 0 Å². The number of hydrogen-bond acceptors (Lipinski definition) is 2. The zero-order chi connectivity index (χ0) is 10.7. The van der Waals surface area contributed by atoms with Crippen LogP contribution >= 0.6 is 11.8 Å². The predicted molar refractivity (Wildman–Crippen MR) is 65.0 cm³/mol. The molecule has 1 atom stereocenters. The summed E-state index contributed by atoms with van der Waals surface area (Å²) >= 11 is 1.81. The fraction of sp³-hybridized carbons (Fsp3) is 0.308. The molecule has 0 bridgehead atoms. The molecule has 2 rings (SSSR count). The molecule has 1 aliphatic heterocycles. The van der Waals surface area contributed by atoms with Gasteiger partial charge in [0.05, 0.1) is 0 Å². The van der Waals surface area contributed by atoms with E-state index in [0.29, 0.717) is 5.25 Å². The molecule has 1 unspecified atom stereocenters. The van der Waals surface area contributed by atoms with Gasteiger partial charge in [0, 0.05) is 15.7 Å². The predicted octanol–water partition coefficient (Wildman–Crippen LogP) is 3.54. The van der Waals surface area contributed by atoms with Gasteiger partial charge in [-0.3, -0.25) is 4.79 Å². The Kier molecular flexibility index (Phi) is 3.27. The molecule has 2 heteroatoms. The number of fused-ring (bicyclic) bond motifs is 1. The standard InChI is InChI=1S/C13H14OS/c1-2-5-12-11(9-14)8-10-6-3-4-7-13(10)15-12/h3-4,6-9,12H,2,5H2,1H3. The van der Waals surface area contributed by atoms with Crippen molar-refractivity contribution in [3.05, 3.63) is 35.4 Å². The maximum Gasteiger partial charge on any atom is 0.147 e. The number of aldehydes is 1. The van der Waals surface area contributed by atoms with Crippen LogP contribution in [0, 0.1) is 0 Å². The van der Waals surface area contributed by atoms with Gasteiger partial charge in [-0.15, -0.1) is 11.8 Å². The summed E-state index contributed by atoms with van der Waals surface area (Å²) in [7, 11) is 0. The van der Waals surface area contributed by atoms with Crippen LogP contribution in [0.5, 0.6) is 0 Å². The molecular weight excluding hydrogens is 204 g/mol. The van der Waals surface area contributed by atoms with Gasteiger partial charge in [0.2, 0.25) is 0 Å². The Balaban J connectivity index is 2.35. The second-order valence-electron chi connectivity index (χ2n) is 3.70. The van der Waals surface area contributed by atoms with Gasteiger partial charge in [-0.1, -0.05) is 31.5 Å². The van der Waals surface area contributed by atoms with E-state index >= 15 is 0 Å². The monoisotopic (exact) mass is 218 g/mol. The molecule has 1 aromatic carbocycles. The van der Waals surface area contributed by atoms with Crippen LogP contribution in [0.3, 0.4) is 0 Å². The molecule has 0 radical (unpaired) electrons. The number of benzene rings is 1. The van der Waals surface area contributed by atoms with Crippen LogP contribution in [-0.2, 0) is 4.79 Å². The highest BCUT2D eigenvalue weighted by Crippen LogP contribution is 2.38. The maximum atomic E-state index is 11.0. The highest BCUT2D eigenvalue weighted by molar-refractivity contribution is 8.00. The lowest BCUT2D eigenvalue weighted by Crippen LogP contribution is -2.11. The first-order chi connectivity index (χ1) is 7.35. The van der Waals surface area contributed by atoms with E-state index in [1.165, 1.54) is 10.5 Å². The molecule has 0 fully saturated rings. The second kappa shape index (κ2) is 4.67. The molecule has 1 nitrogen and oxygen atoms in total. The van der Waals surface area contributed by atoms with Gasteiger partial charge in [0.25, 0.3) is 0 Å². The summed E-state index contributed by atoms with van der Waals surface area (Å²) < 4.78 is 0. The lowest BCUT2D eigenvalue weighted by atomic mass is 10.1. The first-order valence-corrected chi connectivity index (χ1v) is 6.15. The molecule has 15 heavy (non-hydrogen) atoms. The summed E-state index contributed by atoms with van der Waals surface area (Å²) in [5.74, 6) is 0. The Morgan fingerprint density at radius 2 is 2.20 bits per heavy atom. The third-order valence-corrected chi connectivity index (χ3v) is 3.99. The topological polar surface area (TPSA) is 17.1 Å².